The molecule has 3 amide bonds. The summed E-state index contributed by atoms with van der Waals surface area (Å²) < 4.78 is 0. The number of piperidine rings is 1. The lowest BCUT2D eigenvalue weighted by atomic mass is 10.0. The molecular weight excluding hydrogens is 1150 g/mol. The summed E-state index contributed by atoms with van der Waals surface area (Å²) in [6, 6.07) is 3.93. The van der Waals surface area contributed by atoms with Crippen molar-refractivity contribution in [2.24, 2.45) is 0 Å². The summed E-state index contributed by atoms with van der Waals surface area (Å²) in [5, 5.41) is 67.3. The van der Waals surface area contributed by atoms with Crippen molar-refractivity contribution in [2.75, 3.05) is 140 Å². The van der Waals surface area contributed by atoms with Crippen LogP contribution in [0.25, 0.3) is 0 Å². The molecule has 0 spiro atoms. The number of urea groups is 1. The molecule has 3 aliphatic rings. The molecule has 4 heterocycles. The second-order valence-corrected chi connectivity index (χ2v) is 22.6. The normalized spacial score (nSPS) is 17.5. The number of carboxylic acid groups (broad SMARTS) is 6. The number of nitrogens with zero attached hydrogens (tertiary/aromatic N) is 10. The first-order valence-electron chi connectivity index (χ1n) is 30.6. The minimum atomic E-state index is -1.48. The molecule has 0 radical (unpaired) electrons. The Morgan fingerprint density at radius 3 is 1.61 bits per heavy atom. The van der Waals surface area contributed by atoms with Gasteiger partial charge >= 0.3 is 48.0 Å². The van der Waals surface area contributed by atoms with Gasteiger partial charge in [0.2, 0.25) is 23.8 Å². The van der Waals surface area contributed by atoms with Gasteiger partial charge in [0.15, 0.2) is 0 Å². The summed E-state index contributed by atoms with van der Waals surface area (Å²) in [5.74, 6) is -5.22. The molecule has 30 nitrogen and oxygen atoms in total. The number of carboxylic acids is 6. The van der Waals surface area contributed by atoms with Crippen molar-refractivity contribution in [1.82, 2.24) is 55.4 Å². The highest BCUT2D eigenvalue weighted by Crippen LogP contribution is 2.25. The van der Waals surface area contributed by atoms with E-state index in [4.69, 9.17) is 29.6 Å². The third-order valence-electron chi connectivity index (χ3n) is 15.6. The van der Waals surface area contributed by atoms with Crippen LogP contribution in [0.5, 0.6) is 0 Å². The molecule has 3 fully saturated rings. The van der Waals surface area contributed by atoms with Crippen molar-refractivity contribution in [2.45, 2.75) is 134 Å². The van der Waals surface area contributed by atoms with Gasteiger partial charge in [-0.05, 0) is 95.5 Å². The lowest BCUT2D eigenvalue weighted by Gasteiger charge is -2.37. The maximum Gasteiger partial charge on any atom is 0.373 e. The Morgan fingerprint density at radius 2 is 1.06 bits per heavy atom. The van der Waals surface area contributed by atoms with Crippen LogP contribution in [-0.4, -0.2) is 267 Å². The molecule has 1 unspecified atom stereocenters. The number of hydrogen-bond donors (Lipinski definition) is 10. The number of rotatable bonds is 35. The molecule has 490 valence electrons. The molecule has 0 aliphatic carbocycles. The van der Waals surface area contributed by atoms with Gasteiger partial charge in [0.1, 0.15) is 12.1 Å². The maximum absolute atomic E-state index is 12.4. The quantitative estimate of drug-likeness (QED) is 0.0441. The second-order valence-electron chi connectivity index (χ2n) is 22.6. The van der Waals surface area contributed by atoms with Gasteiger partial charge in [0.05, 0.1) is 19.6 Å². The summed E-state index contributed by atoms with van der Waals surface area (Å²) in [4.78, 5) is 140. The van der Waals surface area contributed by atoms with Crippen LogP contribution < -0.4 is 31.1 Å². The summed E-state index contributed by atoms with van der Waals surface area (Å²) in [6.07, 6.45) is 13.0. The minimum absolute atomic E-state index is 0.0585. The van der Waals surface area contributed by atoms with Crippen LogP contribution in [0.3, 0.4) is 0 Å². The zero-order valence-corrected chi connectivity index (χ0v) is 50.7. The van der Waals surface area contributed by atoms with Crippen molar-refractivity contribution in [1.29, 1.82) is 0 Å². The molecule has 0 bridgehead atoms. The summed E-state index contributed by atoms with van der Waals surface area (Å²) >= 11 is 0. The summed E-state index contributed by atoms with van der Waals surface area (Å²) in [5.41, 5.74) is 1.77. The van der Waals surface area contributed by atoms with Crippen molar-refractivity contribution in [3.8, 4) is 0 Å². The Bertz CT molecular complexity index is 2530. The predicted octanol–water partition coefficient (Wildman–Crippen LogP) is 2.03. The third-order valence-corrected chi connectivity index (χ3v) is 15.6. The molecule has 3 atom stereocenters. The fraction of sp³-hybridized carbons (Fsp3) is 0.690. The number of carbonyl (C=O) groups is 8. The van der Waals surface area contributed by atoms with Crippen LogP contribution in [0.1, 0.15) is 115 Å². The SMILES string of the molecule is CN1CCN(CC(=O)O)CCN(CC(=O)O)CCN(CC(=O)O)C(Cc2ccc(Nc3nc(N4CCCCC4)nc(N4CCN(CCCCCCCCCCC(=O)NCCCC[C@H](NC(=O)N[C@@H](CCC(=O)O)C(=O)O)C(=O)O)CC4)n3)cc2)C1.O=C=O. The Labute approximate surface area is 513 Å². The van der Waals surface area contributed by atoms with E-state index in [1.54, 1.807) is 4.90 Å². The van der Waals surface area contributed by atoms with Crippen LogP contribution in [0.4, 0.5) is 28.3 Å². The number of nitrogens with one attached hydrogen (secondary N) is 4. The summed E-state index contributed by atoms with van der Waals surface area (Å²) in [7, 11) is 1.95. The van der Waals surface area contributed by atoms with Gasteiger partial charge in [0.25, 0.3) is 0 Å². The largest absolute Gasteiger partial charge is 0.481 e. The van der Waals surface area contributed by atoms with E-state index in [2.05, 4.69) is 40.9 Å². The first-order valence-corrected chi connectivity index (χ1v) is 30.6. The standard InChI is InChI=1S/C57H92N14O14.CO2/c1-65-27-28-67(39-49(75)76)29-30-68(40-50(77)78)33-36-71(41-51(79)80)44(38-65)37-42-17-19-43(20-18-42)59-54-62-55(69-25-13-8-14-26-69)64-56(63-54)70-34-31-66(32-35-70)24-12-7-5-3-2-4-6-9-16-47(72)58-23-11-10-15-45(52(81)82)60-57(85)61-46(53(83)84)21-22-48(73)74;2-1-3/h17-20,44-46H,2-16,21-41H2,1H3,(H,58,72)(H,73,74)(H,75,76)(H,77,78)(H,79,80)(H,81,82)(H,83,84)(H2,60,61,85)(H,59,62,63,64);/t44?,45-,46-;/m0./s1. The van der Waals surface area contributed by atoms with E-state index in [0.717, 1.165) is 121 Å². The van der Waals surface area contributed by atoms with E-state index in [9.17, 15) is 63.9 Å². The highest BCUT2D eigenvalue weighted by Gasteiger charge is 2.29. The number of aliphatic carboxylic acids is 6. The zero-order chi connectivity index (χ0) is 64.2. The van der Waals surface area contributed by atoms with Crippen molar-refractivity contribution < 1.29 is 78.6 Å². The fourth-order valence-electron chi connectivity index (χ4n) is 10.8. The monoisotopic (exact) mass is 1240 g/mol. The van der Waals surface area contributed by atoms with E-state index in [1.165, 1.54) is 6.42 Å². The minimum Gasteiger partial charge on any atom is -0.481 e. The average Bonchev–Trinajstić information content (AvgIpc) is 2.84. The second kappa shape index (κ2) is 40.8. The van der Waals surface area contributed by atoms with Crippen LogP contribution >= 0.6 is 0 Å². The topological polar surface area (TPSA) is 402 Å². The van der Waals surface area contributed by atoms with Gasteiger partial charge in [-0.2, -0.15) is 24.5 Å². The molecule has 5 rings (SSSR count). The first kappa shape index (κ1) is 72.8. The lowest BCUT2D eigenvalue weighted by Crippen LogP contribution is -2.52. The van der Waals surface area contributed by atoms with E-state index in [1.807, 2.05) is 41.1 Å². The van der Waals surface area contributed by atoms with E-state index < -0.39 is 60.4 Å². The zero-order valence-electron chi connectivity index (χ0n) is 50.7. The number of carbonyl (C=O) groups excluding carboxylic acids is 4. The van der Waals surface area contributed by atoms with Crippen LogP contribution in [-0.2, 0) is 49.6 Å². The Hall–Kier alpha value is -7.63. The van der Waals surface area contributed by atoms with Crippen LogP contribution in [0, 0.1) is 0 Å². The maximum atomic E-state index is 12.4. The number of unbranched alkanes of at least 4 members (excludes halogenated alkanes) is 8. The van der Waals surface area contributed by atoms with E-state index >= 15 is 0 Å². The van der Waals surface area contributed by atoms with Crippen molar-refractivity contribution in [3.05, 3.63) is 29.8 Å². The van der Waals surface area contributed by atoms with Gasteiger partial charge < -0.3 is 66.6 Å². The summed E-state index contributed by atoms with van der Waals surface area (Å²) in [6.45, 7) is 8.73. The Kier molecular flexibility index (Phi) is 33.7. The van der Waals surface area contributed by atoms with Gasteiger partial charge in [-0.25, -0.2) is 14.4 Å². The van der Waals surface area contributed by atoms with Crippen molar-refractivity contribution >= 4 is 77.4 Å². The molecule has 0 saturated carbocycles. The molecule has 2 aromatic rings. The smallest absolute Gasteiger partial charge is 0.373 e. The highest BCUT2D eigenvalue weighted by atomic mass is 16.4. The lowest BCUT2D eigenvalue weighted by molar-refractivity contribution is -0.192. The van der Waals surface area contributed by atoms with Gasteiger partial charge in [-0.15, -0.1) is 0 Å². The number of anilines is 4. The molecular formula is C58H92N14O16. The number of aromatic nitrogens is 3. The third kappa shape index (κ3) is 29.8. The first-order chi connectivity index (χ1) is 42.2. The number of piperazine rings is 1. The molecule has 1 aromatic carbocycles. The van der Waals surface area contributed by atoms with Gasteiger partial charge in [0, 0.05) is 116 Å². The molecule has 30 heteroatoms. The Morgan fingerprint density at radius 1 is 0.545 bits per heavy atom. The number of benzene rings is 1. The van der Waals surface area contributed by atoms with Gasteiger partial charge in [-0.1, -0.05) is 50.7 Å². The van der Waals surface area contributed by atoms with E-state index in [-0.39, 0.29) is 50.6 Å². The molecule has 88 heavy (non-hydrogen) atoms. The predicted molar refractivity (Wildman–Crippen MR) is 321 cm³/mol. The van der Waals surface area contributed by atoms with Crippen LogP contribution in [0.15, 0.2) is 24.3 Å². The average molecular weight is 1240 g/mol. The van der Waals surface area contributed by atoms with E-state index in [0.29, 0.717) is 95.9 Å². The van der Waals surface area contributed by atoms with Crippen molar-refractivity contribution in [3.63, 3.8) is 0 Å². The van der Waals surface area contributed by atoms with Gasteiger partial charge in [-0.3, -0.25) is 43.6 Å². The molecule has 3 saturated heterocycles. The number of hydrogen-bond acceptors (Lipinski definition) is 21. The number of amides is 3. The number of likely N-dealkylation sites (N-methyl/N-ethyl adjacent to an activating group) is 1. The Balaban J connectivity index is 0.00000540. The molecule has 3 aliphatic heterocycles. The molecule has 1 aromatic heterocycles. The highest BCUT2D eigenvalue weighted by molar-refractivity contribution is 5.86. The fourth-order valence-corrected chi connectivity index (χ4v) is 10.8. The van der Waals surface area contributed by atoms with Crippen LogP contribution in [0.2, 0.25) is 0 Å². The molecule has 10 N–H and O–H groups in total.